The van der Waals surface area contributed by atoms with Crippen molar-refractivity contribution in [1.82, 2.24) is 0 Å². The van der Waals surface area contributed by atoms with E-state index in [4.69, 9.17) is 25.8 Å². The van der Waals surface area contributed by atoms with Crippen LogP contribution >= 0.6 is 11.6 Å². The van der Waals surface area contributed by atoms with Crippen molar-refractivity contribution in [2.45, 2.75) is 6.92 Å². The Morgan fingerprint density at radius 2 is 2.16 bits per heavy atom. The lowest BCUT2D eigenvalue weighted by atomic mass is 10.1. The normalized spacial score (nSPS) is 12.2. The molecule has 1 heterocycles. The molecule has 0 atom stereocenters. The lowest BCUT2D eigenvalue weighted by Gasteiger charge is -2.10. The molecule has 0 aliphatic carbocycles. The van der Waals surface area contributed by atoms with Crippen LogP contribution in [0.2, 0.25) is 5.02 Å². The minimum Gasteiger partial charge on any atom is -0.494 e. The molecule has 0 fully saturated rings. The van der Waals surface area contributed by atoms with Crippen LogP contribution in [0.5, 0.6) is 17.2 Å². The average molecular weight is 287 g/mol. The second-order valence-electron chi connectivity index (χ2n) is 3.55. The second-order valence-corrected chi connectivity index (χ2v) is 3.93. The van der Waals surface area contributed by atoms with E-state index in [1.165, 1.54) is 13.2 Å². The van der Waals surface area contributed by atoms with Gasteiger partial charge in [0.2, 0.25) is 6.79 Å². The van der Waals surface area contributed by atoms with Gasteiger partial charge in [-0.25, -0.2) is 4.79 Å². The summed E-state index contributed by atoms with van der Waals surface area (Å²) in [6.07, 6.45) is 0. The summed E-state index contributed by atoms with van der Waals surface area (Å²) in [6, 6.07) is 1.35. The highest BCUT2D eigenvalue weighted by Gasteiger charge is 2.30. The van der Waals surface area contributed by atoms with Crippen molar-refractivity contribution < 1.29 is 28.5 Å². The van der Waals surface area contributed by atoms with Gasteiger partial charge in [-0.1, -0.05) is 11.6 Å². The monoisotopic (exact) mass is 286 g/mol. The molecule has 102 valence electrons. The fraction of sp³-hybridized carbons (Fsp3) is 0.333. The number of benzene rings is 1. The summed E-state index contributed by atoms with van der Waals surface area (Å²) in [4.78, 5) is 23.4. The predicted octanol–water partition coefficient (Wildman–Crippen LogP) is 1.82. The van der Waals surface area contributed by atoms with Gasteiger partial charge in [0, 0.05) is 0 Å². The number of ether oxygens (including phenoxy) is 4. The van der Waals surface area contributed by atoms with E-state index in [2.05, 4.69) is 4.74 Å². The Labute approximate surface area is 114 Å². The van der Waals surface area contributed by atoms with Gasteiger partial charge in [0.1, 0.15) is 5.02 Å². The molecule has 7 heteroatoms. The SMILES string of the molecule is CCOC(=O)C(=O)c1cc2c(c(Cl)c1OC)OCO2. The summed E-state index contributed by atoms with van der Waals surface area (Å²) in [5, 5.41) is 0.0881. The van der Waals surface area contributed by atoms with E-state index in [1.54, 1.807) is 6.92 Å². The van der Waals surface area contributed by atoms with Crippen LogP contribution < -0.4 is 14.2 Å². The van der Waals surface area contributed by atoms with E-state index in [1.807, 2.05) is 0 Å². The van der Waals surface area contributed by atoms with Crippen molar-refractivity contribution in [2.75, 3.05) is 20.5 Å². The van der Waals surface area contributed by atoms with Crippen LogP contribution in [0.25, 0.3) is 0 Å². The molecule has 0 N–H and O–H groups in total. The third-order valence-corrected chi connectivity index (χ3v) is 2.81. The maximum atomic E-state index is 12.0. The molecule has 0 unspecified atom stereocenters. The van der Waals surface area contributed by atoms with Crippen LogP contribution in [0, 0.1) is 0 Å². The van der Waals surface area contributed by atoms with Gasteiger partial charge in [0.15, 0.2) is 17.2 Å². The first-order valence-corrected chi connectivity index (χ1v) is 5.85. The van der Waals surface area contributed by atoms with Crippen LogP contribution in [0.3, 0.4) is 0 Å². The molecule has 2 rings (SSSR count). The summed E-state index contributed by atoms with van der Waals surface area (Å²) < 4.78 is 20.0. The third kappa shape index (κ3) is 2.31. The number of hydrogen-bond acceptors (Lipinski definition) is 6. The number of carbonyl (C=O) groups excluding carboxylic acids is 2. The number of hydrogen-bond donors (Lipinski definition) is 0. The molecule has 19 heavy (non-hydrogen) atoms. The van der Waals surface area contributed by atoms with E-state index < -0.39 is 11.8 Å². The molecule has 6 nitrogen and oxygen atoms in total. The summed E-state index contributed by atoms with van der Waals surface area (Å²) >= 11 is 6.05. The molecule has 0 bridgehead atoms. The third-order valence-electron chi connectivity index (χ3n) is 2.47. The zero-order valence-electron chi connectivity index (χ0n) is 10.3. The number of halogens is 1. The van der Waals surface area contributed by atoms with E-state index in [0.717, 1.165) is 0 Å². The molecule has 0 spiro atoms. The minimum atomic E-state index is -0.976. The van der Waals surface area contributed by atoms with E-state index in [9.17, 15) is 9.59 Å². The molecular formula is C12H11ClO6. The van der Waals surface area contributed by atoms with Crippen molar-refractivity contribution in [2.24, 2.45) is 0 Å². The first-order valence-electron chi connectivity index (χ1n) is 5.47. The lowest BCUT2D eigenvalue weighted by Crippen LogP contribution is -2.18. The van der Waals surface area contributed by atoms with E-state index in [0.29, 0.717) is 11.5 Å². The molecule has 0 saturated carbocycles. The Bertz CT molecular complexity index is 540. The lowest BCUT2D eigenvalue weighted by molar-refractivity contribution is -0.137. The Balaban J connectivity index is 2.48. The molecule has 1 aliphatic heterocycles. The van der Waals surface area contributed by atoms with Crippen LogP contribution in [-0.2, 0) is 9.53 Å². The molecule has 0 amide bonds. The maximum absolute atomic E-state index is 12.0. The Hall–Kier alpha value is -1.95. The average Bonchev–Trinajstić information content (AvgIpc) is 2.86. The zero-order valence-corrected chi connectivity index (χ0v) is 11.1. The molecule has 0 saturated heterocycles. The van der Waals surface area contributed by atoms with Crippen LogP contribution in [-0.4, -0.2) is 32.3 Å². The zero-order chi connectivity index (χ0) is 14.0. The van der Waals surface area contributed by atoms with Gasteiger partial charge in [-0.05, 0) is 13.0 Å². The van der Waals surface area contributed by atoms with Crippen molar-refractivity contribution in [3.8, 4) is 17.2 Å². The number of rotatable bonds is 4. The van der Waals surface area contributed by atoms with Gasteiger partial charge < -0.3 is 18.9 Å². The van der Waals surface area contributed by atoms with Crippen molar-refractivity contribution in [1.29, 1.82) is 0 Å². The predicted molar refractivity (Wildman–Crippen MR) is 65.1 cm³/mol. The molecule has 1 aromatic rings. The minimum absolute atomic E-state index is 0.00470. The topological polar surface area (TPSA) is 71.1 Å². The summed E-state index contributed by atoms with van der Waals surface area (Å²) in [7, 11) is 1.34. The number of Topliss-reactive ketones (excluding diaryl/α,β-unsaturated/α-hetero) is 1. The highest BCUT2D eigenvalue weighted by Crippen LogP contribution is 2.46. The van der Waals surface area contributed by atoms with Gasteiger partial charge in [-0.15, -0.1) is 0 Å². The Morgan fingerprint density at radius 1 is 1.42 bits per heavy atom. The first-order chi connectivity index (χ1) is 9.10. The molecule has 0 aromatic heterocycles. The van der Waals surface area contributed by atoms with Crippen molar-refractivity contribution in [3.63, 3.8) is 0 Å². The number of fused-ring (bicyclic) bond motifs is 1. The Morgan fingerprint density at radius 3 is 2.79 bits per heavy atom. The highest BCUT2D eigenvalue weighted by atomic mass is 35.5. The summed E-state index contributed by atoms with van der Waals surface area (Å²) in [5.41, 5.74) is -0.0183. The summed E-state index contributed by atoms with van der Waals surface area (Å²) in [6.45, 7) is 1.70. The van der Waals surface area contributed by atoms with Crippen LogP contribution in [0.15, 0.2) is 6.07 Å². The van der Waals surface area contributed by atoms with Gasteiger partial charge in [-0.3, -0.25) is 4.79 Å². The second kappa shape index (κ2) is 5.36. The van der Waals surface area contributed by atoms with E-state index >= 15 is 0 Å². The Kier molecular flexibility index (Phi) is 3.80. The first kappa shape index (κ1) is 13.5. The van der Waals surface area contributed by atoms with Crippen LogP contribution in [0.1, 0.15) is 17.3 Å². The fourth-order valence-electron chi connectivity index (χ4n) is 1.66. The van der Waals surface area contributed by atoms with Gasteiger partial charge in [0.25, 0.3) is 5.78 Å². The maximum Gasteiger partial charge on any atom is 0.379 e. The number of ketones is 1. The smallest absolute Gasteiger partial charge is 0.379 e. The number of esters is 1. The molecular weight excluding hydrogens is 276 g/mol. The molecule has 0 radical (unpaired) electrons. The number of methoxy groups -OCH3 is 1. The van der Waals surface area contributed by atoms with Crippen LogP contribution in [0.4, 0.5) is 0 Å². The highest BCUT2D eigenvalue weighted by molar-refractivity contribution is 6.43. The quantitative estimate of drug-likeness (QED) is 0.478. The summed E-state index contributed by atoms with van der Waals surface area (Å²) in [5.74, 6) is -1.18. The van der Waals surface area contributed by atoms with Gasteiger partial charge in [0.05, 0.1) is 19.3 Å². The van der Waals surface area contributed by atoms with E-state index in [-0.39, 0.29) is 29.7 Å². The molecule has 1 aliphatic rings. The number of carbonyl (C=O) groups is 2. The largest absolute Gasteiger partial charge is 0.494 e. The van der Waals surface area contributed by atoms with Crippen molar-refractivity contribution >= 4 is 23.4 Å². The fourth-order valence-corrected chi connectivity index (χ4v) is 1.99. The van der Waals surface area contributed by atoms with Gasteiger partial charge in [-0.2, -0.15) is 0 Å². The van der Waals surface area contributed by atoms with Crippen molar-refractivity contribution in [3.05, 3.63) is 16.7 Å². The molecule has 1 aromatic carbocycles. The standard InChI is InChI=1S/C12H11ClO6/c1-3-17-12(15)9(14)6-4-7-11(19-5-18-7)8(13)10(6)16-2/h4H,3,5H2,1-2H3. The van der Waals surface area contributed by atoms with Gasteiger partial charge >= 0.3 is 5.97 Å².